The number of sulfonamides is 1. The molecule has 0 aromatic heterocycles. The van der Waals surface area contributed by atoms with Crippen LogP contribution in [0.3, 0.4) is 0 Å². The number of benzene rings is 2. The second-order valence-corrected chi connectivity index (χ2v) is 7.37. The zero-order valence-corrected chi connectivity index (χ0v) is 15.1. The van der Waals surface area contributed by atoms with Gasteiger partial charge in [0.25, 0.3) is 5.91 Å². The Morgan fingerprint density at radius 2 is 1.71 bits per heavy atom. The van der Waals surface area contributed by atoms with E-state index in [2.05, 4.69) is 5.32 Å². The smallest absolute Gasteiger partial charge is 0.255 e. The topological polar surface area (TPSA) is 66.5 Å². The molecule has 7 heteroatoms. The zero-order chi connectivity index (χ0) is 17.7. The maximum atomic E-state index is 12.7. The predicted octanol–water partition coefficient (Wildman–Crippen LogP) is 3.62. The number of anilines is 1. The predicted molar refractivity (Wildman–Crippen MR) is 96.0 cm³/mol. The Labute approximate surface area is 147 Å². The number of nitrogens with zero attached hydrogens (tertiary/aromatic N) is 1. The van der Waals surface area contributed by atoms with Gasteiger partial charge in [-0.25, -0.2) is 8.42 Å². The van der Waals surface area contributed by atoms with E-state index in [1.54, 1.807) is 38.1 Å². The van der Waals surface area contributed by atoms with Gasteiger partial charge < -0.3 is 5.32 Å². The van der Waals surface area contributed by atoms with E-state index in [-0.39, 0.29) is 15.5 Å². The third-order valence-corrected chi connectivity index (χ3v) is 6.08. The van der Waals surface area contributed by atoms with Gasteiger partial charge in [0.1, 0.15) is 4.90 Å². The first kappa shape index (κ1) is 18.4. The monoisotopic (exact) mass is 366 g/mol. The van der Waals surface area contributed by atoms with E-state index in [9.17, 15) is 13.2 Å². The van der Waals surface area contributed by atoms with Crippen molar-refractivity contribution in [1.82, 2.24) is 4.31 Å². The lowest BCUT2D eigenvalue weighted by Gasteiger charge is -2.19. The maximum Gasteiger partial charge on any atom is 0.255 e. The average Bonchev–Trinajstić information content (AvgIpc) is 2.56. The van der Waals surface area contributed by atoms with Gasteiger partial charge in [-0.3, -0.25) is 4.79 Å². The molecule has 0 bridgehead atoms. The molecule has 0 aliphatic carbocycles. The van der Waals surface area contributed by atoms with Gasteiger partial charge in [-0.05, 0) is 30.3 Å². The molecule has 0 radical (unpaired) electrons. The molecule has 1 amide bonds. The van der Waals surface area contributed by atoms with Gasteiger partial charge in [-0.15, -0.1) is 0 Å². The number of halogens is 1. The van der Waals surface area contributed by atoms with E-state index in [1.807, 2.05) is 6.07 Å². The Morgan fingerprint density at radius 1 is 1.08 bits per heavy atom. The summed E-state index contributed by atoms with van der Waals surface area (Å²) in [5, 5.41) is 2.82. The fourth-order valence-corrected chi connectivity index (χ4v) is 4.23. The van der Waals surface area contributed by atoms with Crippen LogP contribution in [0.1, 0.15) is 24.2 Å². The Balaban J connectivity index is 2.36. The Hall–Kier alpha value is -1.89. The van der Waals surface area contributed by atoms with Gasteiger partial charge in [0.2, 0.25) is 10.0 Å². The van der Waals surface area contributed by atoms with Crippen LogP contribution in [0.5, 0.6) is 0 Å². The molecule has 24 heavy (non-hydrogen) atoms. The van der Waals surface area contributed by atoms with Crippen molar-refractivity contribution in [2.45, 2.75) is 18.7 Å². The lowest BCUT2D eigenvalue weighted by molar-refractivity contribution is 0.102. The summed E-state index contributed by atoms with van der Waals surface area (Å²) in [5.74, 6) is -0.395. The maximum absolute atomic E-state index is 12.7. The van der Waals surface area contributed by atoms with Crippen LogP contribution in [0.4, 0.5) is 5.69 Å². The van der Waals surface area contributed by atoms with Crippen molar-refractivity contribution in [1.29, 1.82) is 0 Å². The second kappa shape index (κ2) is 7.79. The highest BCUT2D eigenvalue weighted by molar-refractivity contribution is 7.89. The van der Waals surface area contributed by atoms with Gasteiger partial charge in [0.15, 0.2) is 0 Å². The molecule has 2 rings (SSSR count). The summed E-state index contributed by atoms with van der Waals surface area (Å²) in [5.41, 5.74) is 0.861. The van der Waals surface area contributed by atoms with Crippen LogP contribution in [0.2, 0.25) is 5.02 Å². The van der Waals surface area contributed by atoms with E-state index in [4.69, 9.17) is 11.6 Å². The Kier molecular flexibility index (Phi) is 5.99. The lowest BCUT2D eigenvalue weighted by atomic mass is 10.2. The second-order valence-electron chi connectivity index (χ2n) is 5.05. The van der Waals surface area contributed by atoms with Crippen LogP contribution in [-0.4, -0.2) is 31.7 Å². The average molecular weight is 367 g/mol. The summed E-state index contributed by atoms with van der Waals surface area (Å²) < 4.78 is 26.6. The van der Waals surface area contributed by atoms with Crippen LogP contribution in [0.25, 0.3) is 0 Å². The molecule has 2 aromatic carbocycles. The summed E-state index contributed by atoms with van der Waals surface area (Å²) in [6.45, 7) is 4.16. The quantitative estimate of drug-likeness (QED) is 0.849. The first-order valence-corrected chi connectivity index (χ1v) is 9.38. The van der Waals surface area contributed by atoms with Crippen molar-refractivity contribution >= 4 is 33.2 Å². The molecule has 0 heterocycles. The van der Waals surface area contributed by atoms with Crippen molar-refractivity contribution < 1.29 is 13.2 Å². The fourth-order valence-electron chi connectivity index (χ4n) is 2.27. The van der Waals surface area contributed by atoms with E-state index in [0.29, 0.717) is 18.8 Å². The van der Waals surface area contributed by atoms with Crippen molar-refractivity contribution in [3.8, 4) is 0 Å². The highest BCUT2D eigenvalue weighted by Crippen LogP contribution is 2.26. The third kappa shape index (κ3) is 3.95. The minimum absolute atomic E-state index is 0.0615. The number of rotatable bonds is 6. The standard InChI is InChI=1S/C17H19ClN2O3S/c1-3-20(4-2)24(22,23)16-12-13(10-11-15(16)18)17(21)19-14-8-6-5-7-9-14/h5-12H,3-4H2,1-2H3,(H,19,21). The Morgan fingerprint density at radius 3 is 2.29 bits per heavy atom. The number of carbonyl (C=O) groups excluding carboxylic acids is 1. The minimum atomic E-state index is -3.74. The molecule has 0 spiro atoms. The van der Waals surface area contributed by atoms with Crippen molar-refractivity contribution in [2.24, 2.45) is 0 Å². The normalized spacial score (nSPS) is 11.5. The largest absolute Gasteiger partial charge is 0.322 e. The molecule has 0 unspecified atom stereocenters. The van der Waals surface area contributed by atoms with Gasteiger partial charge >= 0.3 is 0 Å². The van der Waals surface area contributed by atoms with Gasteiger partial charge in [-0.2, -0.15) is 4.31 Å². The first-order chi connectivity index (χ1) is 11.4. The summed E-state index contributed by atoms with van der Waals surface area (Å²) in [4.78, 5) is 12.3. The van der Waals surface area contributed by atoms with Gasteiger partial charge in [-0.1, -0.05) is 43.6 Å². The number of carbonyl (C=O) groups is 1. The lowest BCUT2D eigenvalue weighted by Crippen LogP contribution is -2.31. The molecule has 0 atom stereocenters. The van der Waals surface area contributed by atoms with E-state index in [1.165, 1.54) is 22.5 Å². The van der Waals surface area contributed by atoms with Crippen LogP contribution < -0.4 is 5.32 Å². The summed E-state index contributed by atoms with van der Waals surface area (Å²) in [7, 11) is -3.74. The molecule has 0 saturated heterocycles. The number of nitrogens with one attached hydrogen (secondary N) is 1. The molecule has 0 fully saturated rings. The molecule has 128 valence electrons. The highest BCUT2D eigenvalue weighted by Gasteiger charge is 2.25. The van der Waals surface area contributed by atoms with E-state index >= 15 is 0 Å². The highest BCUT2D eigenvalue weighted by atomic mass is 35.5. The molecule has 0 saturated carbocycles. The van der Waals surface area contributed by atoms with E-state index < -0.39 is 15.9 Å². The molecule has 1 N–H and O–H groups in total. The minimum Gasteiger partial charge on any atom is -0.322 e. The Bertz CT molecular complexity index is 819. The molecule has 0 aliphatic rings. The first-order valence-electron chi connectivity index (χ1n) is 7.56. The van der Waals surface area contributed by atoms with Crippen LogP contribution in [0, 0.1) is 0 Å². The number of amides is 1. The van der Waals surface area contributed by atoms with Crippen LogP contribution in [0.15, 0.2) is 53.4 Å². The van der Waals surface area contributed by atoms with Crippen molar-refractivity contribution in [3.63, 3.8) is 0 Å². The van der Waals surface area contributed by atoms with E-state index in [0.717, 1.165) is 0 Å². The number of hydrogen-bond acceptors (Lipinski definition) is 3. The molecule has 2 aromatic rings. The number of para-hydroxylation sites is 1. The van der Waals surface area contributed by atoms with Crippen LogP contribution >= 0.6 is 11.6 Å². The van der Waals surface area contributed by atoms with Gasteiger partial charge in [0, 0.05) is 24.3 Å². The van der Waals surface area contributed by atoms with Crippen molar-refractivity contribution in [2.75, 3.05) is 18.4 Å². The van der Waals surface area contributed by atoms with Crippen LogP contribution in [-0.2, 0) is 10.0 Å². The fraction of sp³-hybridized carbons (Fsp3) is 0.235. The SMILES string of the molecule is CCN(CC)S(=O)(=O)c1cc(C(=O)Nc2ccccc2)ccc1Cl. The summed E-state index contributed by atoms with van der Waals surface area (Å²) in [6.07, 6.45) is 0. The zero-order valence-electron chi connectivity index (χ0n) is 13.5. The summed E-state index contributed by atoms with van der Waals surface area (Å²) >= 11 is 6.07. The summed E-state index contributed by atoms with van der Waals surface area (Å²) in [6, 6.07) is 13.2. The molecular formula is C17H19ClN2O3S. The molecular weight excluding hydrogens is 348 g/mol. The van der Waals surface area contributed by atoms with Gasteiger partial charge in [0.05, 0.1) is 5.02 Å². The molecule has 0 aliphatic heterocycles. The third-order valence-electron chi connectivity index (χ3n) is 3.55. The molecule has 5 nitrogen and oxygen atoms in total. The van der Waals surface area contributed by atoms with Crippen molar-refractivity contribution in [3.05, 3.63) is 59.1 Å². The number of hydrogen-bond donors (Lipinski definition) is 1.